The Labute approximate surface area is 121 Å². The van der Waals surface area contributed by atoms with Crippen LogP contribution >= 0.6 is 11.8 Å². The van der Waals surface area contributed by atoms with Gasteiger partial charge in [-0.05, 0) is 19.1 Å². The number of aromatic carboxylic acids is 1. The van der Waals surface area contributed by atoms with Crippen molar-refractivity contribution >= 4 is 17.7 Å². The van der Waals surface area contributed by atoms with Crippen LogP contribution in [0.2, 0.25) is 0 Å². The summed E-state index contributed by atoms with van der Waals surface area (Å²) in [6.07, 6.45) is 1.58. The fraction of sp³-hybridized carbons (Fsp3) is 0.214. The molecule has 0 radical (unpaired) electrons. The van der Waals surface area contributed by atoms with Gasteiger partial charge in [0.05, 0.1) is 18.4 Å². The molecule has 2 aromatic heterocycles. The van der Waals surface area contributed by atoms with E-state index in [0.717, 1.165) is 17.1 Å². The third-order valence-electron chi connectivity index (χ3n) is 2.57. The summed E-state index contributed by atoms with van der Waals surface area (Å²) < 4.78 is 5.19. The number of carboxylic acid groups (broad SMARTS) is 1. The summed E-state index contributed by atoms with van der Waals surface area (Å²) in [5.74, 6) is 0.304. The summed E-state index contributed by atoms with van der Waals surface area (Å²) in [5, 5.41) is 9.59. The van der Waals surface area contributed by atoms with Crippen LogP contribution in [-0.2, 0) is 5.75 Å². The van der Waals surface area contributed by atoms with Crippen molar-refractivity contribution in [1.29, 1.82) is 0 Å². The molecule has 0 saturated carbocycles. The number of carbonyl (C=O) groups is 1. The van der Waals surface area contributed by atoms with E-state index < -0.39 is 5.97 Å². The summed E-state index contributed by atoms with van der Waals surface area (Å²) in [6, 6.07) is 6.84. The molecule has 2 rings (SSSR count). The van der Waals surface area contributed by atoms with Gasteiger partial charge < -0.3 is 9.84 Å². The predicted molar refractivity (Wildman–Crippen MR) is 76.3 cm³/mol. The average Bonchev–Trinajstić information content (AvgIpc) is 2.44. The number of aryl methyl sites for hydroxylation is 1. The Bertz CT molecular complexity index is 632. The molecule has 0 atom stereocenters. The molecule has 0 unspecified atom stereocenters. The predicted octanol–water partition coefficient (Wildman–Crippen LogP) is 2.78. The minimum Gasteiger partial charge on any atom is -0.497 e. The van der Waals surface area contributed by atoms with E-state index in [9.17, 15) is 4.79 Å². The van der Waals surface area contributed by atoms with E-state index in [4.69, 9.17) is 9.84 Å². The third kappa shape index (κ3) is 3.48. The maximum Gasteiger partial charge on any atom is 0.338 e. The lowest BCUT2D eigenvalue weighted by molar-refractivity contribution is 0.0692. The fourth-order valence-corrected chi connectivity index (χ4v) is 2.58. The highest BCUT2D eigenvalue weighted by atomic mass is 32.2. The van der Waals surface area contributed by atoms with Gasteiger partial charge >= 0.3 is 5.97 Å². The van der Waals surface area contributed by atoms with Crippen molar-refractivity contribution in [2.75, 3.05) is 7.11 Å². The number of carboxylic acids is 1. The average molecular weight is 290 g/mol. The largest absolute Gasteiger partial charge is 0.497 e. The molecule has 6 heteroatoms. The molecule has 0 aromatic carbocycles. The second kappa shape index (κ2) is 6.38. The molecule has 0 aliphatic rings. The topological polar surface area (TPSA) is 72.3 Å². The lowest BCUT2D eigenvalue weighted by Crippen LogP contribution is -2.01. The van der Waals surface area contributed by atoms with Crippen molar-refractivity contribution in [3.8, 4) is 5.75 Å². The van der Waals surface area contributed by atoms with Crippen LogP contribution in [0.25, 0.3) is 0 Å². The molecule has 5 nitrogen and oxygen atoms in total. The Kier molecular flexibility index (Phi) is 4.57. The number of aromatic nitrogens is 2. The quantitative estimate of drug-likeness (QED) is 0.854. The van der Waals surface area contributed by atoms with E-state index in [0.29, 0.717) is 10.8 Å². The first kappa shape index (κ1) is 14.3. The van der Waals surface area contributed by atoms with Gasteiger partial charge in [0.2, 0.25) is 0 Å². The molecule has 20 heavy (non-hydrogen) atoms. The number of rotatable bonds is 5. The van der Waals surface area contributed by atoms with Gasteiger partial charge in [0.25, 0.3) is 0 Å². The van der Waals surface area contributed by atoms with Crippen LogP contribution in [0.3, 0.4) is 0 Å². The summed E-state index contributed by atoms with van der Waals surface area (Å²) in [6.45, 7) is 1.89. The van der Waals surface area contributed by atoms with Crippen LogP contribution in [-0.4, -0.2) is 28.2 Å². The highest BCUT2D eigenvalue weighted by Crippen LogP contribution is 2.25. The number of hydrogen-bond donors (Lipinski definition) is 1. The van der Waals surface area contributed by atoms with Gasteiger partial charge in [-0.2, -0.15) is 0 Å². The Morgan fingerprint density at radius 2 is 2.25 bits per heavy atom. The van der Waals surface area contributed by atoms with Crippen molar-refractivity contribution in [3.63, 3.8) is 0 Å². The van der Waals surface area contributed by atoms with Crippen LogP contribution in [0.15, 0.2) is 35.5 Å². The molecule has 0 aliphatic carbocycles. The van der Waals surface area contributed by atoms with Gasteiger partial charge in [-0.3, -0.25) is 4.98 Å². The van der Waals surface area contributed by atoms with Crippen LogP contribution in [0, 0.1) is 6.92 Å². The molecule has 2 heterocycles. The summed E-state index contributed by atoms with van der Waals surface area (Å²) in [5.41, 5.74) is 1.89. The van der Waals surface area contributed by atoms with Crippen molar-refractivity contribution in [2.24, 2.45) is 0 Å². The number of hydrogen-bond acceptors (Lipinski definition) is 5. The van der Waals surface area contributed by atoms with Gasteiger partial charge in [0.1, 0.15) is 10.8 Å². The standard InChI is InChI=1S/C14H14N2O3S/c1-9-6-11(19-2)7-10(16-9)8-20-13-12(14(17)18)4-3-5-15-13/h3-7H,8H2,1-2H3,(H,17,18). The van der Waals surface area contributed by atoms with Crippen molar-refractivity contribution in [2.45, 2.75) is 17.7 Å². The lowest BCUT2D eigenvalue weighted by Gasteiger charge is -2.07. The molecule has 0 bridgehead atoms. The number of methoxy groups -OCH3 is 1. The van der Waals surface area contributed by atoms with Gasteiger partial charge in [-0.25, -0.2) is 9.78 Å². The van der Waals surface area contributed by atoms with Crippen molar-refractivity contribution in [1.82, 2.24) is 9.97 Å². The Morgan fingerprint density at radius 3 is 2.95 bits per heavy atom. The maximum absolute atomic E-state index is 11.1. The smallest absolute Gasteiger partial charge is 0.338 e. The molecular formula is C14H14N2O3S. The minimum absolute atomic E-state index is 0.206. The first-order valence-corrected chi connectivity index (χ1v) is 6.91. The van der Waals surface area contributed by atoms with Crippen molar-refractivity contribution < 1.29 is 14.6 Å². The molecule has 1 N–H and O–H groups in total. The Hall–Kier alpha value is -2.08. The highest BCUT2D eigenvalue weighted by Gasteiger charge is 2.11. The maximum atomic E-state index is 11.1. The van der Waals surface area contributed by atoms with E-state index in [1.807, 2.05) is 19.1 Å². The molecule has 0 aliphatic heterocycles. The molecular weight excluding hydrogens is 276 g/mol. The normalized spacial score (nSPS) is 10.3. The monoisotopic (exact) mass is 290 g/mol. The summed E-state index contributed by atoms with van der Waals surface area (Å²) in [4.78, 5) is 19.6. The second-order valence-electron chi connectivity index (χ2n) is 4.09. The third-order valence-corrected chi connectivity index (χ3v) is 3.61. The van der Waals surface area contributed by atoms with Gasteiger partial charge in [0.15, 0.2) is 0 Å². The summed E-state index contributed by atoms with van der Waals surface area (Å²) in [7, 11) is 1.60. The number of ether oxygens (including phenoxy) is 1. The molecule has 2 aromatic rings. The van der Waals surface area contributed by atoms with E-state index in [-0.39, 0.29) is 5.56 Å². The first-order valence-electron chi connectivity index (χ1n) is 5.93. The molecule has 0 saturated heterocycles. The fourth-order valence-electron chi connectivity index (χ4n) is 1.71. The van der Waals surface area contributed by atoms with E-state index in [1.54, 1.807) is 25.4 Å². The zero-order chi connectivity index (χ0) is 14.5. The van der Waals surface area contributed by atoms with E-state index in [2.05, 4.69) is 9.97 Å². The van der Waals surface area contributed by atoms with Gasteiger partial charge in [-0.15, -0.1) is 0 Å². The molecule has 104 valence electrons. The van der Waals surface area contributed by atoms with Gasteiger partial charge in [-0.1, -0.05) is 11.8 Å². The molecule has 0 amide bonds. The number of nitrogens with zero attached hydrogens (tertiary/aromatic N) is 2. The molecule has 0 fully saturated rings. The van der Waals surface area contributed by atoms with Crippen LogP contribution < -0.4 is 4.74 Å². The first-order chi connectivity index (χ1) is 9.60. The van der Waals surface area contributed by atoms with Crippen molar-refractivity contribution in [3.05, 3.63) is 47.4 Å². The SMILES string of the molecule is COc1cc(C)nc(CSc2ncccc2C(=O)O)c1. The zero-order valence-electron chi connectivity index (χ0n) is 11.2. The Morgan fingerprint density at radius 1 is 1.45 bits per heavy atom. The van der Waals surface area contributed by atoms with Crippen LogP contribution in [0.4, 0.5) is 0 Å². The Balaban J connectivity index is 2.17. The second-order valence-corrected chi connectivity index (χ2v) is 5.05. The highest BCUT2D eigenvalue weighted by molar-refractivity contribution is 7.98. The lowest BCUT2D eigenvalue weighted by atomic mass is 10.3. The summed E-state index contributed by atoms with van der Waals surface area (Å²) >= 11 is 1.35. The molecule has 0 spiro atoms. The van der Waals surface area contributed by atoms with E-state index in [1.165, 1.54) is 11.8 Å². The number of pyridine rings is 2. The zero-order valence-corrected chi connectivity index (χ0v) is 12.0. The van der Waals surface area contributed by atoms with Crippen LogP contribution in [0.1, 0.15) is 21.7 Å². The van der Waals surface area contributed by atoms with Gasteiger partial charge in [0, 0.05) is 29.8 Å². The van der Waals surface area contributed by atoms with Crippen LogP contribution in [0.5, 0.6) is 5.75 Å². The van der Waals surface area contributed by atoms with E-state index >= 15 is 0 Å². The minimum atomic E-state index is -0.976. The number of thioether (sulfide) groups is 1.